The van der Waals surface area contributed by atoms with Gasteiger partial charge in [-0.2, -0.15) is 0 Å². The molecular weight excluding hydrogens is 176 g/mol. The predicted molar refractivity (Wildman–Crippen MR) is 55.5 cm³/mol. The fourth-order valence-electron chi connectivity index (χ4n) is 1.39. The molecule has 1 rings (SSSR count). The minimum absolute atomic E-state index is 0.0580. The second-order valence-electron chi connectivity index (χ2n) is 3.38. The van der Waals surface area contributed by atoms with E-state index in [1.165, 1.54) is 6.07 Å². The van der Waals surface area contributed by atoms with Gasteiger partial charge >= 0.3 is 0 Å². The maximum Gasteiger partial charge on any atom is 0.155 e. The molecule has 0 saturated heterocycles. The standard InChI is InChI=1S/C12H12O2/c1-4-9-10(8(2)3)5-6-12(14)11(9)7-13/h1,5-8,14H,2-3H3. The Morgan fingerprint density at radius 1 is 1.50 bits per heavy atom. The van der Waals surface area contributed by atoms with Gasteiger partial charge in [-0.3, -0.25) is 4.79 Å². The normalized spacial score (nSPS) is 9.86. The number of carbonyl (C=O) groups is 1. The average Bonchev–Trinajstić information content (AvgIpc) is 2.16. The highest BCUT2D eigenvalue weighted by Gasteiger charge is 2.12. The van der Waals surface area contributed by atoms with E-state index in [4.69, 9.17) is 6.42 Å². The topological polar surface area (TPSA) is 37.3 Å². The van der Waals surface area contributed by atoms with E-state index in [1.54, 1.807) is 6.07 Å². The second kappa shape index (κ2) is 3.97. The Balaban J connectivity index is 3.50. The van der Waals surface area contributed by atoms with Crippen molar-refractivity contribution in [3.63, 3.8) is 0 Å². The van der Waals surface area contributed by atoms with Gasteiger partial charge in [0.25, 0.3) is 0 Å². The summed E-state index contributed by atoms with van der Waals surface area (Å²) in [5, 5.41) is 9.40. The van der Waals surface area contributed by atoms with Gasteiger partial charge in [-0.15, -0.1) is 6.42 Å². The molecule has 0 unspecified atom stereocenters. The van der Waals surface area contributed by atoms with Crippen LogP contribution in [-0.2, 0) is 0 Å². The zero-order valence-electron chi connectivity index (χ0n) is 8.24. The highest BCUT2D eigenvalue weighted by molar-refractivity contribution is 5.84. The van der Waals surface area contributed by atoms with Gasteiger partial charge in [-0.05, 0) is 17.5 Å². The molecule has 14 heavy (non-hydrogen) atoms. The van der Waals surface area contributed by atoms with E-state index in [1.807, 2.05) is 13.8 Å². The third-order valence-electron chi connectivity index (χ3n) is 2.14. The summed E-state index contributed by atoms with van der Waals surface area (Å²) in [7, 11) is 0. The van der Waals surface area contributed by atoms with Crippen LogP contribution in [0.2, 0.25) is 0 Å². The third-order valence-corrected chi connectivity index (χ3v) is 2.14. The summed E-state index contributed by atoms with van der Waals surface area (Å²) in [5.74, 6) is 2.62. The Hall–Kier alpha value is -1.75. The van der Waals surface area contributed by atoms with Crippen molar-refractivity contribution in [3.8, 4) is 18.1 Å². The molecule has 2 nitrogen and oxygen atoms in total. The molecule has 1 aromatic carbocycles. The number of benzene rings is 1. The average molecular weight is 188 g/mol. The molecule has 0 aliphatic rings. The fourth-order valence-corrected chi connectivity index (χ4v) is 1.39. The second-order valence-corrected chi connectivity index (χ2v) is 3.38. The van der Waals surface area contributed by atoms with Crippen molar-refractivity contribution in [2.75, 3.05) is 0 Å². The largest absolute Gasteiger partial charge is 0.507 e. The van der Waals surface area contributed by atoms with Crippen molar-refractivity contribution in [2.45, 2.75) is 19.8 Å². The summed E-state index contributed by atoms with van der Waals surface area (Å²) >= 11 is 0. The lowest BCUT2D eigenvalue weighted by Crippen LogP contribution is -1.97. The molecule has 0 atom stereocenters. The van der Waals surface area contributed by atoms with Crippen LogP contribution < -0.4 is 0 Å². The number of phenols is 1. The van der Waals surface area contributed by atoms with Crippen molar-refractivity contribution < 1.29 is 9.90 Å². The summed E-state index contributed by atoms with van der Waals surface area (Å²) < 4.78 is 0. The first-order chi connectivity index (χ1) is 6.61. The number of phenolic OH excluding ortho intramolecular Hbond substituents is 1. The Morgan fingerprint density at radius 2 is 2.14 bits per heavy atom. The molecule has 0 radical (unpaired) electrons. The minimum atomic E-state index is -0.0580. The van der Waals surface area contributed by atoms with E-state index in [2.05, 4.69) is 5.92 Å². The maximum absolute atomic E-state index is 10.7. The van der Waals surface area contributed by atoms with Gasteiger partial charge in [-0.1, -0.05) is 25.8 Å². The minimum Gasteiger partial charge on any atom is -0.507 e. The van der Waals surface area contributed by atoms with E-state index in [0.717, 1.165) is 5.56 Å². The maximum atomic E-state index is 10.7. The molecule has 0 aliphatic heterocycles. The first-order valence-corrected chi connectivity index (χ1v) is 4.39. The van der Waals surface area contributed by atoms with Crippen LogP contribution in [0, 0.1) is 12.3 Å². The van der Waals surface area contributed by atoms with Gasteiger partial charge in [0.15, 0.2) is 6.29 Å². The summed E-state index contributed by atoms with van der Waals surface area (Å²) in [6.45, 7) is 3.98. The van der Waals surface area contributed by atoms with Crippen LogP contribution in [0.25, 0.3) is 0 Å². The molecule has 0 aliphatic carbocycles. The van der Waals surface area contributed by atoms with Gasteiger partial charge in [0.2, 0.25) is 0 Å². The van der Waals surface area contributed by atoms with Gasteiger partial charge in [0.05, 0.1) is 5.56 Å². The molecular formula is C12H12O2. The monoisotopic (exact) mass is 188 g/mol. The summed E-state index contributed by atoms with van der Waals surface area (Å²) in [4.78, 5) is 10.7. The molecule has 0 fully saturated rings. The van der Waals surface area contributed by atoms with Gasteiger partial charge < -0.3 is 5.11 Å². The fraction of sp³-hybridized carbons (Fsp3) is 0.250. The zero-order chi connectivity index (χ0) is 10.7. The van der Waals surface area contributed by atoms with Crippen molar-refractivity contribution >= 4 is 6.29 Å². The quantitative estimate of drug-likeness (QED) is 0.571. The lowest BCUT2D eigenvalue weighted by atomic mass is 9.93. The number of hydrogen-bond donors (Lipinski definition) is 1. The lowest BCUT2D eigenvalue weighted by Gasteiger charge is -2.11. The van der Waals surface area contributed by atoms with Crippen LogP contribution in [-0.4, -0.2) is 11.4 Å². The molecule has 0 aromatic heterocycles. The van der Waals surface area contributed by atoms with E-state index in [-0.39, 0.29) is 17.2 Å². The number of aldehydes is 1. The van der Waals surface area contributed by atoms with Crippen molar-refractivity contribution in [1.82, 2.24) is 0 Å². The van der Waals surface area contributed by atoms with Gasteiger partial charge in [0.1, 0.15) is 5.75 Å². The molecule has 0 spiro atoms. The highest BCUT2D eigenvalue weighted by Crippen LogP contribution is 2.27. The summed E-state index contributed by atoms with van der Waals surface area (Å²) in [6, 6.07) is 3.25. The van der Waals surface area contributed by atoms with E-state index >= 15 is 0 Å². The first-order valence-electron chi connectivity index (χ1n) is 4.39. The van der Waals surface area contributed by atoms with Crippen LogP contribution in [0.4, 0.5) is 0 Å². The van der Waals surface area contributed by atoms with Crippen LogP contribution >= 0.6 is 0 Å². The molecule has 72 valence electrons. The Kier molecular flexibility index (Phi) is 2.93. The van der Waals surface area contributed by atoms with Crippen LogP contribution in [0.3, 0.4) is 0 Å². The van der Waals surface area contributed by atoms with Gasteiger partial charge in [-0.25, -0.2) is 0 Å². The van der Waals surface area contributed by atoms with E-state index in [9.17, 15) is 9.90 Å². The van der Waals surface area contributed by atoms with Crippen LogP contribution in [0.15, 0.2) is 12.1 Å². The molecule has 2 heteroatoms. The van der Waals surface area contributed by atoms with Crippen molar-refractivity contribution in [2.24, 2.45) is 0 Å². The number of hydrogen-bond acceptors (Lipinski definition) is 2. The SMILES string of the molecule is C#Cc1c(C(C)C)ccc(O)c1C=O. The number of rotatable bonds is 2. The molecule has 1 aromatic rings. The van der Waals surface area contributed by atoms with E-state index < -0.39 is 0 Å². The molecule has 0 amide bonds. The summed E-state index contributed by atoms with van der Waals surface area (Å²) in [6.07, 6.45) is 5.91. The van der Waals surface area contributed by atoms with Crippen LogP contribution in [0.5, 0.6) is 5.75 Å². The zero-order valence-corrected chi connectivity index (χ0v) is 8.24. The van der Waals surface area contributed by atoms with Gasteiger partial charge in [0, 0.05) is 5.56 Å². The molecule has 0 saturated carbocycles. The molecule has 0 heterocycles. The molecule has 0 bridgehead atoms. The first kappa shape index (κ1) is 10.3. The van der Waals surface area contributed by atoms with E-state index in [0.29, 0.717) is 11.8 Å². The Bertz CT molecular complexity index is 398. The third kappa shape index (κ3) is 1.62. The Morgan fingerprint density at radius 3 is 2.57 bits per heavy atom. The van der Waals surface area contributed by atoms with Crippen molar-refractivity contribution in [3.05, 3.63) is 28.8 Å². The number of carbonyl (C=O) groups excluding carboxylic acids is 1. The van der Waals surface area contributed by atoms with Crippen molar-refractivity contribution in [1.29, 1.82) is 0 Å². The molecule has 1 N–H and O–H groups in total. The van der Waals surface area contributed by atoms with Crippen LogP contribution in [0.1, 0.15) is 41.3 Å². The Labute approximate surface area is 83.6 Å². The summed E-state index contributed by atoms with van der Waals surface area (Å²) in [5.41, 5.74) is 1.61. The lowest BCUT2D eigenvalue weighted by molar-refractivity contribution is 0.112. The predicted octanol–water partition coefficient (Wildman–Crippen LogP) is 2.31. The highest BCUT2D eigenvalue weighted by atomic mass is 16.3. The smallest absolute Gasteiger partial charge is 0.155 e. The number of terminal acetylenes is 1. The number of aromatic hydroxyl groups is 1.